The quantitative estimate of drug-likeness (QED) is 0.890. The van der Waals surface area contributed by atoms with Crippen LogP contribution in [-0.2, 0) is 4.79 Å². The van der Waals surface area contributed by atoms with Crippen molar-refractivity contribution in [1.29, 1.82) is 5.26 Å². The fourth-order valence-electron chi connectivity index (χ4n) is 2.78. The van der Waals surface area contributed by atoms with E-state index >= 15 is 0 Å². The van der Waals surface area contributed by atoms with Gasteiger partial charge in [-0.1, -0.05) is 28.8 Å². The second kappa shape index (κ2) is 6.87. The van der Waals surface area contributed by atoms with Gasteiger partial charge in [-0.2, -0.15) is 5.26 Å². The van der Waals surface area contributed by atoms with E-state index in [1.165, 1.54) is 0 Å². The Hall–Kier alpha value is -1.38. The number of carbonyl (C=O) groups excluding carboxylic acids is 1. The summed E-state index contributed by atoms with van der Waals surface area (Å²) in [5.41, 5.74) is 6.80. The number of benzene rings is 1. The molecule has 4 nitrogen and oxygen atoms in total. The van der Waals surface area contributed by atoms with E-state index in [4.69, 9.17) is 11.0 Å². The van der Waals surface area contributed by atoms with Gasteiger partial charge in [0, 0.05) is 10.4 Å². The van der Waals surface area contributed by atoms with Crippen LogP contribution >= 0.6 is 15.9 Å². The molecule has 1 aromatic rings. The summed E-state index contributed by atoms with van der Waals surface area (Å²) < 4.78 is 0.839. The summed E-state index contributed by atoms with van der Waals surface area (Å²) in [6, 6.07) is 7.34. The minimum atomic E-state index is -0.0423. The largest absolute Gasteiger partial charge is 0.330 e. The molecular formula is C15H18BrN3O. The summed E-state index contributed by atoms with van der Waals surface area (Å²) >= 11 is 3.36. The van der Waals surface area contributed by atoms with E-state index in [-0.39, 0.29) is 17.7 Å². The van der Waals surface area contributed by atoms with Gasteiger partial charge in [0.2, 0.25) is 5.91 Å². The van der Waals surface area contributed by atoms with Gasteiger partial charge in [0.1, 0.15) is 6.07 Å². The standard InChI is InChI=1S/C15H18BrN3O/c16-12-6-5-11(9-18)14(7-12)19-15(20)13-4-2-1-3-10(13)8-17/h5-7,10,13H,1-4,8,17H2,(H,19,20). The zero-order chi connectivity index (χ0) is 14.5. The molecule has 5 heteroatoms. The third-order valence-electron chi connectivity index (χ3n) is 3.91. The van der Waals surface area contributed by atoms with E-state index in [1.807, 2.05) is 0 Å². The number of nitrogens with two attached hydrogens (primary N) is 1. The second-order valence-electron chi connectivity index (χ2n) is 5.18. The topological polar surface area (TPSA) is 78.9 Å². The fourth-order valence-corrected chi connectivity index (χ4v) is 3.14. The first-order chi connectivity index (χ1) is 9.65. The van der Waals surface area contributed by atoms with Crippen molar-refractivity contribution in [2.45, 2.75) is 25.7 Å². The molecule has 0 heterocycles. The first-order valence-corrected chi connectivity index (χ1v) is 7.65. The predicted molar refractivity (Wildman–Crippen MR) is 82.0 cm³/mol. The smallest absolute Gasteiger partial charge is 0.227 e. The van der Waals surface area contributed by atoms with Crippen LogP contribution in [-0.4, -0.2) is 12.5 Å². The maximum absolute atomic E-state index is 12.4. The molecule has 2 unspecified atom stereocenters. The molecule has 3 N–H and O–H groups in total. The van der Waals surface area contributed by atoms with Crippen molar-refractivity contribution >= 4 is 27.5 Å². The molecule has 20 heavy (non-hydrogen) atoms. The number of nitrogens with one attached hydrogen (secondary N) is 1. The molecule has 1 fully saturated rings. The lowest BCUT2D eigenvalue weighted by Crippen LogP contribution is -2.35. The van der Waals surface area contributed by atoms with E-state index in [2.05, 4.69) is 27.3 Å². The van der Waals surface area contributed by atoms with Gasteiger partial charge in [-0.15, -0.1) is 0 Å². The second-order valence-corrected chi connectivity index (χ2v) is 6.09. The average Bonchev–Trinajstić information content (AvgIpc) is 2.47. The molecule has 0 saturated heterocycles. The number of amides is 1. The van der Waals surface area contributed by atoms with Gasteiger partial charge in [0.15, 0.2) is 0 Å². The minimum Gasteiger partial charge on any atom is -0.330 e. The number of carbonyl (C=O) groups is 1. The summed E-state index contributed by atoms with van der Waals surface area (Å²) in [6.07, 6.45) is 4.10. The molecule has 2 rings (SSSR count). The summed E-state index contributed by atoms with van der Waals surface area (Å²) in [5, 5.41) is 12.0. The summed E-state index contributed by atoms with van der Waals surface area (Å²) in [4.78, 5) is 12.4. The Morgan fingerprint density at radius 2 is 2.20 bits per heavy atom. The van der Waals surface area contributed by atoms with Gasteiger partial charge in [-0.05, 0) is 43.5 Å². The molecule has 106 valence electrons. The highest BCUT2D eigenvalue weighted by atomic mass is 79.9. The van der Waals surface area contributed by atoms with Gasteiger partial charge in [-0.3, -0.25) is 4.79 Å². The van der Waals surface area contributed by atoms with Crippen LogP contribution in [0.15, 0.2) is 22.7 Å². The molecule has 1 saturated carbocycles. The average molecular weight is 336 g/mol. The maximum Gasteiger partial charge on any atom is 0.227 e. The Morgan fingerprint density at radius 1 is 1.45 bits per heavy atom. The van der Waals surface area contributed by atoms with Crippen molar-refractivity contribution < 1.29 is 4.79 Å². The lowest BCUT2D eigenvalue weighted by atomic mass is 9.78. The molecule has 1 aliphatic rings. The normalized spacial score (nSPS) is 22.1. The number of rotatable bonds is 3. The van der Waals surface area contributed by atoms with Gasteiger partial charge in [0.05, 0.1) is 11.3 Å². The maximum atomic E-state index is 12.4. The van der Waals surface area contributed by atoms with Crippen LogP contribution in [0.25, 0.3) is 0 Å². The monoisotopic (exact) mass is 335 g/mol. The lowest BCUT2D eigenvalue weighted by molar-refractivity contribution is -0.122. The summed E-state index contributed by atoms with van der Waals surface area (Å²) in [5.74, 6) is 0.190. The van der Waals surface area contributed by atoms with E-state index in [0.717, 1.165) is 30.2 Å². The molecule has 1 aromatic carbocycles. The fraction of sp³-hybridized carbons (Fsp3) is 0.467. The van der Waals surface area contributed by atoms with Crippen LogP contribution in [0.5, 0.6) is 0 Å². The van der Waals surface area contributed by atoms with Gasteiger partial charge < -0.3 is 11.1 Å². The van der Waals surface area contributed by atoms with Gasteiger partial charge in [-0.25, -0.2) is 0 Å². The SMILES string of the molecule is N#Cc1ccc(Br)cc1NC(=O)C1CCCCC1CN. The van der Waals surface area contributed by atoms with Gasteiger partial charge in [0.25, 0.3) is 0 Å². The number of nitrogens with zero attached hydrogens (tertiary/aromatic N) is 1. The van der Waals surface area contributed by atoms with Crippen LogP contribution < -0.4 is 11.1 Å². The molecule has 1 aliphatic carbocycles. The van der Waals surface area contributed by atoms with Crippen LogP contribution in [0.2, 0.25) is 0 Å². The highest BCUT2D eigenvalue weighted by molar-refractivity contribution is 9.10. The Bertz CT molecular complexity index is 538. The van der Waals surface area contributed by atoms with E-state index < -0.39 is 0 Å². The number of hydrogen-bond donors (Lipinski definition) is 2. The lowest BCUT2D eigenvalue weighted by Gasteiger charge is -2.29. The molecular weight excluding hydrogens is 318 g/mol. The molecule has 2 atom stereocenters. The van der Waals surface area contributed by atoms with Crippen LogP contribution in [0, 0.1) is 23.2 Å². The zero-order valence-corrected chi connectivity index (χ0v) is 12.8. The van der Waals surface area contributed by atoms with E-state index in [1.54, 1.807) is 18.2 Å². The minimum absolute atomic E-state index is 0.0187. The Morgan fingerprint density at radius 3 is 2.90 bits per heavy atom. The predicted octanol–water partition coefficient (Wildman–Crippen LogP) is 3.02. The number of hydrogen-bond acceptors (Lipinski definition) is 3. The molecule has 1 amide bonds. The zero-order valence-electron chi connectivity index (χ0n) is 11.2. The Balaban J connectivity index is 2.15. The first-order valence-electron chi connectivity index (χ1n) is 6.86. The molecule has 0 aromatic heterocycles. The third kappa shape index (κ3) is 3.38. The van der Waals surface area contributed by atoms with E-state index in [9.17, 15) is 4.79 Å². The van der Waals surface area contributed by atoms with Crippen LogP contribution in [0.3, 0.4) is 0 Å². The molecule has 0 bridgehead atoms. The summed E-state index contributed by atoms with van der Waals surface area (Å²) in [7, 11) is 0. The molecule has 0 spiro atoms. The Kier molecular flexibility index (Phi) is 5.16. The van der Waals surface area contributed by atoms with Crippen molar-refractivity contribution in [2.75, 3.05) is 11.9 Å². The first kappa shape index (κ1) is 15.0. The van der Waals surface area contributed by atoms with Crippen LogP contribution in [0.4, 0.5) is 5.69 Å². The summed E-state index contributed by atoms with van der Waals surface area (Å²) in [6.45, 7) is 0.543. The van der Waals surface area contributed by atoms with E-state index in [0.29, 0.717) is 17.8 Å². The van der Waals surface area contributed by atoms with Crippen molar-refractivity contribution in [3.05, 3.63) is 28.2 Å². The van der Waals surface area contributed by atoms with Crippen molar-refractivity contribution in [3.8, 4) is 6.07 Å². The van der Waals surface area contributed by atoms with Crippen molar-refractivity contribution in [3.63, 3.8) is 0 Å². The van der Waals surface area contributed by atoms with Crippen molar-refractivity contribution in [2.24, 2.45) is 17.6 Å². The highest BCUT2D eigenvalue weighted by Gasteiger charge is 2.30. The molecule has 0 radical (unpaired) electrons. The van der Waals surface area contributed by atoms with Crippen molar-refractivity contribution in [1.82, 2.24) is 0 Å². The highest BCUT2D eigenvalue weighted by Crippen LogP contribution is 2.31. The number of anilines is 1. The number of nitriles is 1. The number of halogens is 1. The Labute approximate surface area is 127 Å². The van der Waals surface area contributed by atoms with Gasteiger partial charge >= 0.3 is 0 Å². The van der Waals surface area contributed by atoms with Crippen LogP contribution in [0.1, 0.15) is 31.2 Å². The molecule has 0 aliphatic heterocycles. The third-order valence-corrected chi connectivity index (χ3v) is 4.40.